The van der Waals surface area contributed by atoms with Crippen molar-refractivity contribution in [2.75, 3.05) is 7.11 Å². The first-order chi connectivity index (χ1) is 7.26. The summed E-state index contributed by atoms with van der Waals surface area (Å²) < 4.78 is 4.62. The molecular formula is C11H11NO3. The Morgan fingerprint density at radius 3 is 2.93 bits per heavy atom. The monoisotopic (exact) mass is 205 g/mol. The van der Waals surface area contributed by atoms with E-state index in [2.05, 4.69) is 9.89 Å². The van der Waals surface area contributed by atoms with Crippen LogP contribution in [0.3, 0.4) is 0 Å². The average Bonchev–Trinajstić information content (AvgIpc) is 2.69. The Hall–Kier alpha value is -1.84. The number of carbonyl (C=O) groups is 1. The first-order valence-corrected chi connectivity index (χ1v) is 4.69. The number of hydrogen-bond acceptors (Lipinski definition) is 4. The Bertz CT molecular complexity index is 437. The predicted octanol–water partition coefficient (Wildman–Crippen LogP) is 1.60. The number of nitrogens with zero attached hydrogens (tertiary/aromatic N) is 1. The quantitative estimate of drug-likeness (QED) is 0.430. The average molecular weight is 205 g/mol. The van der Waals surface area contributed by atoms with E-state index >= 15 is 0 Å². The van der Waals surface area contributed by atoms with Crippen LogP contribution >= 0.6 is 0 Å². The van der Waals surface area contributed by atoms with Gasteiger partial charge in [0.05, 0.1) is 18.4 Å². The first-order valence-electron chi connectivity index (χ1n) is 4.69. The second kappa shape index (κ2) is 3.73. The topological polar surface area (TPSA) is 58.9 Å². The van der Waals surface area contributed by atoms with Gasteiger partial charge in [-0.05, 0) is 30.5 Å². The Morgan fingerprint density at radius 1 is 1.47 bits per heavy atom. The van der Waals surface area contributed by atoms with Crippen LogP contribution in [0.4, 0.5) is 0 Å². The smallest absolute Gasteiger partial charge is 0.337 e. The molecule has 2 rings (SSSR count). The van der Waals surface area contributed by atoms with Crippen LogP contribution in [0.25, 0.3) is 0 Å². The highest BCUT2D eigenvalue weighted by atomic mass is 16.5. The van der Waals surface area contributed by atoms with Gasteiger partial charge >= 0.3 is 5.97 Å². The van der Waals surface area contributed by atoms with E-state index in [1.54, 1.807) is 12.1 Å². The number of ether oxygens (including phenoxy) is 1. The summed E-state index contributed by atoms with van der Waals surface area (Å²) in [6.07, 6.45) is 1.58. The van der Waals surface area contributed by atoms with Crippen LogP contribution in [0.15, 0.2) is 23.4 Å². The number of esters is 1. The summed E-state index contributed by atoms with van der Waals surface area (Å²) in [7, 11) is 1.34. The third-order valence-electron chi connectivity index (χ3n) is 2.59. The van der Waals surface area contributed by atoms with Gasteiger partial charge in [-0.1, -0.05) is 11.2 Å². The molecule has 0 saturated heterocycles. The van der Waals surface area contributed by atoms with E-state index in [4.69, 9.17) is 5.21 Å². The van der Waals surface area contributed by atoms with Crippen molar-refractivity contribution in [3.63, 3.8) is 0 Å². The van der Waals surface area contributed by atoms with Gasteiger partial charge in [0.15, 0.2) is 0 Å². The largest absolute Gasteiger partial charge is 0.465 e. The molecule has 0 amide bonds. The molecule has 4 heteroatoms. The van der Waals surface area contributed by atoms with Gasteiger partial charge in [0.1, 0.15) is 0 Å². The van der Waals surface area contributed by atoms with Gasteiger partial charge in [0.25, 0.3) is 0 Å². The van der Waals surface area contributed by atoms with Gasteiger partial charge in [-0.2, -0.15) is 0 Å². The summed E-state index contributed by atoms with van der Waals surface area (Å²) in [5.41, 5.74) is 3.07. The minimum atomic E-state index is -0.373. The van der Waals surface area contributed by atoms with E-state index in [9.17, 15) is 4.79 Å². The van der Waals surface area contributed by atoms with Gasteiger partial charge in [-0.25, -0.2) is 4.79 Å². The molecule has 0 aliphatic heterocycles. The molecule has 4 nitrogen and oxygen atoms in total. The molecular weight excluding hydrogens is 194 g/mol. The second-order valence-corrected chi connectivity index (χ2v) is 3.41. The summed E-state index contributed by atoms with van der Waals surface area (Å²) in [6.45, 7) is 0. The van der Waals surface area contributed by atoms with Crippen molar-refractivity contribution in [3.8, 4) is 0 Å². The molecule has 1 aromatic rings. The molecule has 1 aliphatic carbocycles. The van der Waals surface area contributed by atoms with Gasteiger partial charge in [-0.15, -0.1) is 0 Å². The highest BCUT2D eigenvalue weighted by molar-refractivity contribution is 6.05. The summed E-state index contributed by atoms with van der Waals surface area (Å²) in [5, 5.41) is 12.0. The number of aryl methyl sites for hydroxylation is 1. The van der Waals surface area contributed by atoms with Crippen LogP contribution in [0.1, 0.15) is 27.9 Å². The number of oxime groups is 1. The number of benzene rings is 1. The summed E-state index contributed by atoms with van der Waals surface area (Å²) in [5.74, 6) is -0.373. The van der Waals surface area contributed by atoms with Crippen molar-refractivity contribution in [1.82, 2.24) is 0 Å². The molecule has 0 aromatic heterocycles. The predicted molar refractivity (Wildman–Crippen MR) is 54.4 cm³/mol. The maximum absolute atomic E-state index is 11.3. The lowest BCUT2D eigenvalue weighted by atomic mass is 10.1. The Kier molecular flexibility index (Phi) is 2.41. The van der Waals surface area contributed by atoms with E-state index in [1.807, 2.05) is 6.07 Å². The van der Waals surface area contributed by atoms with Gasteiger partial charge in [-0.3, -0.25) is 0 Å². The van der Waals surface area contributed by atoms with Crippen molar-refractivity contribution in [1.29, 1.82) is 0 Å². The molecule has 1 N–H and O–H groups in total. The number of rotatable bonds is 1. The third-order valence-corrected chi connectivity index (χ3v) is 2.59. The number of carbonyl (C=O) groups excluding carboxylic acids is 1. The fourth-order valence-electron chi connectivity index (χ4n) is 1.80. The normalized spacial score (nSPS) is 16.5. The third kappa shape index (κ3) is 1.58. The molecule has 1 aliphatic rings. The number of hydrogen-bond donors (Lipinski definition) is 1. The molecule has 0 heterocycles. The highest BCUT2D eigenvalue weighted by Gasteiger charge is 2.20. The van der Waals surface area contributed by atoms with Gasteiger partial charge in [0.2, 0.25) is 0 Å². The van der Waals surface area contributed by atoms with Gasteiger partial charge in [0, 0.05) is 5.56 Å². The fraction of sp³-hybridized carbons (Fsp3) is 0.273. The van der Waals surface area contributed by atoms with Crippen LogP contribution in [0.2, 0.25) is 0 Å². The highest BCUT2D eigenvalue weighted by Crippen LogP contribution is 2.23. The van der Waals surface area contributed by atoms with Crippen LogP contribution < -0.4 is 0 Å². The van der Waals surface area contributed by atoms with Crippen molar-refractivity contribution < 1.29 is 14.7 Å². The van der Waals surface area contributed by atoms with E-state index in [0.29, 0.717) is 11.3 Å². The van der Waals surface area contributed by atoms with Crippen LogP contribution in [0.5, 0.6) is 0 Å². The number of methoxy groups -OCH3 is 1. The van der Waals surface area contributed by atoms with Crippen LogP contribution in [-0.2, 0) is 11.2 Å². The van der Waals surface area contributed by atoms with E-state index in [1.165, 1.54) is 7.11 Å². The Balaban J connectivity index is 2.45. The lowest BCUT2D eigenvalue weighted by molar-refractivity contribution is 0.0600. The molecule has 0 spiro atoms. The molecule has 0 radical (unpaired) electrons. The van der Waals surface area contributed by atoms with Crippen LogP contribution in [-0.4, -0.2) is 24.0 Å². The SMILES string of the molecule is COC(=O)c1ccc2c(c1)/C(=N\O)CC2. The maximum Gasteiger partial charge on any atom is 0.337 e. The zero-order valence-corrected chi connectivity index (χ0v) is 8.36. The Morgan fingerprint density at radius 2 is 2.27 bits per heavy atom. The Labute approximate surface area is 87.2 Å². The molecule has 0 fully saturated rings. The fourth-order valence-corrected chi connectivity index (χ4v) is 1.80. The first kappa shape index (κ1) is 9.71. The lowest BCUT2D eigenvalue weighted by Crippen LogP contribution is -2.03. The maximum atomic E-state index is 11.3. The van der Waals surface area contributed by atoms with E-state index < -0.39 is 0 Å². The zero-order chi connectivity index (χ0) is 10.8. The van der Waals surface area contributed by atoms with Crippen molar-refractivity contribution >= 4 is 11.7 Å². The summed E-state index contributed by atoms with van der Waals surface area (Å²) >= 11 is 0. The second-order valence-electron chi connectivity index (χ2n) is 3.41. The lowest BCUT2D eigenvalue weighted by Gasteiger charge is -2.02. The zero-order valence-electron chi connectivity index (χ0n) is 8.36. The molecule has 0 unspecified atom stereocenters. The van der Waals surface area contributed by atoms with Crippen molar-refractivity contribution in [2.24, 2.45) is 5.16 Å². The summed E-state index contributed by atoms with van der Waals surface area (Å²) in [4.78, 5) is 11.3. The molecule has 15 heavy (non-hydrogen) atoms. The molecule has 78 valence electrons. The van der Waals surface area contributed by atoms with Gasteiger partial charge < -0.3 is 9.94 Å². The summed E-state index contributed by atoms with van der Waals surface area (Å²) in [6, 6.07) is 5.31. The van der Waals surface area contributed by atoms with Crippen molar-refractivity contribution in [2.45, 2.75) is 12.8 Å². The molecule has 1 aromatic carbocycles. The van der Waals surface area contributed by atoms with E-state index in [-0.39, 0.29) is 5.97 Å². The molecule has 0 atom stereocenters. The molecule has 0 saturated carbocycles. The minimum Gasteiger partial charge on any atom is -0.465 e. The number of fused-ring (bicyclic) bond motifs is 1. The minimum absolute atomic E-state index is 0.373. The molecule has 0 bridgehead atoms. The van der Waals surface area contributed by atoms with Crippen molar-refractivity contribution in [3.05, 3.63) is 34.9 Å². The van der Waals surface area contributed by atoms with E-state index in [0.717, 1.165) is 24.0 Å². The van der Waals surface area contributed by atoms with Crippen LogP contribution in [0, 0.1) is 0 Å². The standard InChI is InChI=1S/C11H11NO3/c1-15-11(13)8-3-2-7-4-5-10(12-14)9(7)6-8/h2-3,6,14H,4-5H2,1H3/b12-10-.